The number of halogens is 4. The van der Waals surface area contributed by atoms with Crippen molar-refractivity contribution in [1.29, 1.82) is 0 Å². The zero-order valence-corrected chi connectivity index (χ0v) is 11.4. The average molecular weight is 302 g/mol. The molecule has 0 spiro atoms. The first-order chi connectivity index (χ1) is 7.24. The second kappa shape index (κ2) is 5.25. The van der Waals surface area contributed by atoms with Crippen molar-refractivity contribution < 1.29 is 13.2 Å². The maximum Gasteiger partial charge on any atom is 0.393 e. The van der Waals surface area contributed by atoms with Crippen LogP contribution in [0.3, 0.4) is 0 Å². The smallest absolute Gasteiger partial charge is 0.302 e. The van der Waals surface area contributed by atoms with E-state index in [-0.39, 0.29) is 18.4 Å². The van der Waals surface area contributed by atoms with Gasteiger partial charge in [-0.25, -0.2) is 0 Å². The molecule has 0 radical (unpaired) electrons. The van der Waals surface area contributed by atoms with Gasteiger partial charge in [-0.15, -0.1) is 0 Å². The Morgan fingerprint density at radius 2 is 1.94 bits per heavy atom. The minimum Gasteiger partial charge on any atom is -0.302 e. The number of nitrogens with zero attached hydrogens (tertiary/aromatic N) is 1. The first-order valence-electron chi connectivity index (χ1n) is 5.60. The molecular formula is C11H19BrF3N. The highest BCUT2D eigenvalue weighted by Crippen LogP contribution is 2.34. The zero-order valence-electron chi connectivity index (χ0n) is 9.78. The minimum atomic E-state index is -4.03. The minimum absolute atomic E-state index is 0.0352. The third-order valence-corrected chi connectivity index (χ3v) is 4.50. The predicted octanol–water partition coefficient (Wildman–Crippen LogP) is 3.68. The fourth-order valence-electron chi connectivity index (χ4n) is 2.11. The van der Waals surface area contributed by atoms with Crippen molar-refractivity contribution in [3.8, 4) is 0 Å². The van der Waals surface area contributed by atoms with Gasteiger partial charge in [-0.05, 0) is 24.8 Å². The van der Waals surface area contributed by atoms with Gasteiger partial charge in [0.05, 0.1) is 5.92 Å². The van der Waals surface area contributed by atoms with E-state index in [4.69, 9.17) is 0 Å². The molecule has 0 N–H and O–H groups in total. The number of rotatable bonds is 3. The summed E-state index contributed by atoms with van der Waals surface area (Å²) in [5.41, 5.74) is 0.0352. The van der Waals surface area contributed by atoms with Crippen LogP contribution >= 0.6 is 15.9 Å². The van der Waals surface area contributed by atoms with Gasteiger partial charge in [-0.2, -0.15) is 13.2 Å². The van der Waals surface area contributed by atoms with Crippen molar-refractivity contribution in [1.82, 2.24) is 4.90 Å². The number of hydrogen-bond acceptors (Lipinski definition) is 1. The summed E-state index contributed by atoms with van der Waals surface area (Å²) in [6.45, 7) is 5.83. The molecule has 1 rings (SSSR count). The van der Waals surface area contributed by atoms with E-state index in [1.165, 1.54) is 0 Å². The molecule has 1 nitrogen and oxygen atoms in total. The van der Waals surface area contributed by atoms with Crippen LogP contribution in [-0.2, 0) is 0 Å². The second-order valence-electron chi connectivity index (χ2n) is 5.41. The Morgan fingerprint density at radius 3 is 2.44 bits per heavy atom. The van der Waals surface area contributed by atoms with Crippen molar-refractivity contribution in [2.24, 2.45) is 11.3 Å². The Morgan fingerprint density at radius 1 is 1.31 bits per heavy atom. The molecule has 1 atom stereocenters. The van der Waals surface area contributed by atoms with Crippen molar-refractivity contribution in [3.63, 3.8) is 0 Å². The quantitative estimate of drug-likeness (QED) is 0.719. The van der Waals surface area contributed by atoms with E-state index >= 15 is 0 Å². The summed E-state index contributed by atoms with van der Waals surface area (Å²) in [5.74, 6) is -1.13. The molecule has 1 unspecified atom stereocenters. The monoisotopic (exact) mass is 301 g/mol. The normalized spacial score (nSPS) is 24.8. The topological polar surface area (TPSA) is 3.24 Å². The summed E-state index contributed by atoms with van der Waals surface area (Å²) in [6.07, 6.45) is -3.09. The standard InChI is InChI=1S/C11H19BrF3N/c1-10(2,7-12)8-16-5-3-4-9(6-16)11(13,14)15/h9H,3-8H2,1-2H3. The largest absolute Gasteiger partial charge is 0.393 e. The molecule has 0 bridgehead atoms. The van der Waals surface area contributed by atoms with Crippen molar-refractivity contribution in [2.75, 3.05) is 25.0 Å². The SMILES string of the molecule is CC(C)(CBr)CN1CCCC(C(F)(F)F)C1. The van der Waals surface area contributed by atoms with Gasteiger partial charge in [0.25, 0.3) is 0 Å². The van der Waals surface area contributed by atoms with Gasteiger partial charge in [0.1, 0.15) is 0 Å². The highest BCUT2D eigenvalue weighted by Gasteiger charge is 2.42. The molecule has 0 amide bonds. The maximum absolute atomic E-state index is 12.6. The molecular weight excluding hydrogens is 283 g/mol. The Balaban J connectivity index is 2.51. The lowest BCUT2D eigenvalue weighted by Gasteiger charge is -2.37. The summed E-state index contributed by atoms with van der Waals surface area (Å²) >= 11 is 3.40. The van der Waals surface area contributed by atoms with Gasteiger partial charge in [0.15, 0.2) is 0 Å². The van der Waals surface area contributed by atoms with Crippen LogP contribution in [0, 0.1) is 11.3 Å². The summed E-state index contributed by atoms with van der Waals surface area (Å²) in [6, 6.07) is 0. The number of hydrogen-bond donors (Lipinski definition) is 0. The van der Waals surface area contributed by atoms with Gasteiger partial charge >= 0.3 is 6.18 Å². The fourth-order valence-corrected chi connectivity index (χ4v) is 2.29. The first-order valence-corrected chi connectivity index (χ1v) is 6.72. The second-order valence-corrected chi connectivity index (χ2v) is 5.97. The van der Waals surface area contributed by atoms with Crippen LogP contribution in [0.25, 0.3) is 0 Å². The van der Waals surface area contributed by atoms with E-state index in [2.05, 4.69) is 29.8 Å². The lowest BCUT2D eigenvalue weighted by atomic mass is 9.92. The summed E-state index contributed by atoms with van der Waals surface area (Å²) in [5, 5.41) is 0.813. The molecule has 0 aromatic rings. The van der Waals surface area contributed by atoms with E-state index in [1.807, 2.05) is 4.90 Å². The lowest BCUT2D eigenvalue weighted by molar-refractivity contribution is -0.187. The van der Waals surface area contributed by atoms with Crippen LogP contribution in [0.4, 0.5) is 13.2 Å². The van der Waals surface area contributed by atoms with Crippen LogP contribution in [0.15, 0.2) is 0 Å². The molecule has 0 aliphatic carbocycles. The van der Waals surface area contributed by atoms with E-state index in [0.717, 1.165) is 18.4 Å². The van der Waals surface area contributed by atoms with E-state index < -0.39 is 12.1 Å². The molecule has 96 valence electrons. The third kappa shape index (κ3) is 4.24. The molecule has 1 aliphatic rings. The van der Waals surface area contributed by atoms with Crippen LogP contribution < -0.4 is 0 Å². The molecule has 1 heterocycles. The molecule has 16 heavy (non-hydrogen) atoms. The summed E-state index contributed by atoms with van der Waals surface area (Å²) in [7, 11) is 0. The fraction of sp³-hybridized carbons (Fsp3) is 1.00. The highest BCUT2D eigenvalue weighted by molar-refractivity contribution is 9.09. The predicted molar refractivity (Wildman–Crippen MR) is 62.8 cm³/mol. The Labute approximate surface area is 104 Å². The van der Waals surface area contributed by atoms with Crippen LogP contribution in [0.1, 0.15) is 26.7 Å². The van der Waals surface area contributed by atoms with E-state index in [9.17, 15) is 13.2 Å². The molecule has 0 saturated carbocycles. The summed E-state index contributed by atoms with van der Waals surface area (Å²) in [4.78, 5) is 1.95. The summed E-state index contributed by atoms with van der Waals surface area (Å²) < 4.78 is 37.8. The first kappa shape index (κ1) is 14.3. The zero-order chi connectivity index (χ0) is 12.4. The molecule has 1 aliphatic heterocycles. The molecule has 1 fully saturated rings. The Bertz CT molecular complexity index is 228. The van der Waals surface area contributed by atoms with Crippen molar-refractivity contribution in [2.45, 2.75) is 32.9 Å². The molecule has 5 heteroatoms. The molecule has 0 aromatic carbocycles. The van der Waals surface area contributed by atoms with E-state index in [1.54, 1.807) is 0 Å². The highest BCUT2D eigenvalue weighted by atomic mass is 79.9. The van der Waals surface area contributed by atoms with Crippen LogP contribution in [0.5, 0.6) is 0 Å². The van der Waals surface area contributed by atoms with Gasteiger partial charge < -0.3 is 4.90 Å². The maximum atomic E-state index is 12.6. The van der Waals surface area contributed by atoms with Gasteiger partial charge in [0, 0.05) is 18.4 Å². The third-order valence-electron chi connectivity index (χ3n) is 2.98. The molecule has 1 saturated heterocycles. The van der Waals surface area contributed by atoms with Crippen molar-refractivity contribution >= 4 is 15.9 Å². The van der Waals surface area contributed by atoms with Gasteiger partial charge in [-0.1, -0.05) is 29.8 Å². The van der Waals surface area contributed by atoms with E-state index in [0.29, 0.717) is 6.42 Å². The average Bonchev–Trinajstić information content (AvgIpc) is 2.16. The Kier molecular flexibility index (Phi) is 4.69. The Hall–Kier alpha value is 0.230. The van der Waals surface area contributed by atoms with Gasteiger partial charge in [0.2, 0.25) is 0 Å². The van der Waals surface area contributed by atoms with Crippen molar-refractivity contribution in [3.05, 3.63) is 0 Å². The number of likely N-dealkylation sites (tertiary alicyclic amines) is 1. The van der Waals surface area contributed by atoms with Crippen LogP contribution in [-0.4, -0.2) is 36.0 Å². The number of alkyl halides is 4. The molecule has 0 aromatic heterocycles. The lowest BCUT2D eigenvalue weighted by Crippen LogP contribution is -2.45. The number of piperidine rings is 1. The van der Waals surface area contributed by atoms with Crippen LogP contribution in [0.2, 0.25) is 0 Å². The van der Waals surface area contributed by atoms with Gasteiger partial charge in [-0.3, -0.25) is 0 Å².